The summed E-state index contributed by atoms with van der Waals surface area (Å²) in [5.74, 6) is 0.685. The topological polar surface area (TPSA) is 0 Å². The first-order valence-electron chi connectivity index (χ1n) is 4.69. The molecule has 0 N–H and O–H groups in total. The minimum Gasteiger partial charge on any atom is -0.748 e. The van der Waals surface area contributed by atoms with E-state index in [0.29, 0.717) is 5.92 Å². The van der Waals surface area contributed by atoms with Crippen molar-refractivity contribution in [3.63, 3.8) is 0 Å². The van der Waals surface area contributed by atoms with Crippen LogP contribution in [0.5, 0.6) is 0 Å². The number of hydrogen-bond donors (Lipinski definition) is 0. The van der Waals surface area contributed by atoms with Crippen LogP contribution in [0.25, 0.3) is 0 Å². The third-order valence-corrected chi connectivity index (χ3v) is 1.91. The van der Waals surface area contributed by atoms with Crippen molar-refractivity contribution in [1.82, 2.24) is 0 Å². The normalized spacial score (nSPS) is 8.79. The zero-order chi connectivity index (χ0) is 9.52. The van der Waals surface area contributed by atoms with E-state index in [9.17, 15) is 0 Å². The van der Waals surface area contributed by atoms with Crippen LogP contribution >= 0.6 is 0 Å². The van der Waals surface area contributed by atoms with Gasteiger partial charge >= 0.3 is 0 Å². The monoisotopic (exact) mass is 228 g/mol. The van der Waals surface area contributed by atoms with Gasteiger partial charge in [0.15, 0.2) is 0 Å². The Morgan fingerprint density at radius 1 is 0.857 bits per heavy atom. The van der Waals surface area contributed by atoms with Crippen LogP contribution in [-0.2, 0) is 17.1 Å². The first kappa shape index (κ1) is 13.2. The van der Waals surface area contributed by atoms with Gasteiger partial charge in [-0.3, -0.25) is 0 Å². The smallest absolute Gasteiger partial charge is 0 e. The van der Waals surface area contributed by atoms with Gasteiger partial charge in [-0.15, -0.1) is 0 Å². The fraction of sp³-hybridized carbons (Fsp3) is 0.231. The molecule has 0 saturated heterocycles. The van der Waals surface area contributed by atoms with Gasteiger partial charge in [-0.2, -0.15) is 17.7 Å². The molecule has 0 aromatic heterocycles. The SMILES string of the molecule is CC(C)[c-]1cccc1.[Fe].[cH-]1[cH-][cH-][cH-][cH-]1. The fourth-order valence-corrected chi connectivity index (χ4v) is 1.09. The first-order valence-corrected chi connectivity index (χ1v) is 4.69. The number of hydrogen-bond acceptors (Lipinski definition) is 0. The average molecular weight is 228 g/mol. The van der Waals surface area contributed by atoms with E-state index in [1.54, 1.807) is 0 Å². The van der Waals surface area contributed by atoms with Gasteiger partial charge in [-0.1, -0.05) is 19.8 Å². The van der Waals surface area contributed by atoms with Gasteiger partial charge in [0.1, 0.15) is 0 Å². The Morgan fingerprint density at radius 2 is 1.21 bits per heavy atom. The fourth-order valence-electron chi connectivity index (χ4n) is 1.09. The van der Waals surface area contributed by atoms with Gasteiger partial charge in [0.25, 0.3) is 0 Å². The second-order valence-corrected chi connectivity index (χ2v) is 3.34. The molecule has 0 unspecified atom stereocenters. The maximum absolute atomic E-state index is 2.20. The molecule has 0 bridgehead atoms. The molecule has 0 amide bonds. The predicted octanol–water partition coefficient (Wildman–Crippen LogP) is 3.93. The molecular weight excluding hydrogens is 212 g/mol. The van der Waals surface area contributed by atoms with E-state index < -0.39 is 0 Å². The Morgan fingerprint density at radius 3 is 1.43 bits per heavy atom. The molecule has 0 aliphatic heterocycles. The summed E-state index contributed by atoms with van der Waals surface area (Å²) in [7, 11) is 0. The van der Waals surface area contributed by atoms with E-state index in [1.165, 1.54) is 5.56 Å². The zero-order valence-corrected chi connectivity index (χ0v) is 9.73. The Kier molecular flexibility index (Phi) is 7.18. The van der Waals surface area contributed by atoms with Crippen molar-refractivity contribution in [1.29, 1.82) is 0 Å². The van der Waals surface area contributed by atoms with Crippen LogP contribution in [0.4, 0.5) is 0 Å². The quantitative estimate of drug-likeness (QED) is 0.512. The predicted molar refractivity (Wildman–Crippen MR) is 58.2 cm³/mol. The van der Waals surface area contributed by atoms with Crippen molar-refractivity contribution < 1.29 is 17.1 Å². The summed E-state index contributed by atoms with van der Waals surface area (Å²) in [4.78, 5) is 0. The van der Waals surface area contributed by atoms with Crippen LogP contribution in [0, 0.1) is 0 Å². The summed E-state index contributed by atoms with van der Waals surface area (Å²) >= 11 is 0. The molecule has 0 aliphatic rings. The van der Waals surface area contributed by atoms with Crippen molar-refractivity contribution in [2.45, 2.75) is 19.8 Å². The summed E-state index contributed by atoms with van der Waals surface area (Å²) < 4.78 is 0. The molecule has 82 valence electrons. The minimum absolute atomic E-state index is 0. The van der Waals surface area contributed by atoms with Gasteiger partial charge in [0.05, 0.1) is 0 Å². The maximum atomic E-state index is 2.20. The second-order valence-electron chi connectivity index (χ2n) is 3.34. The van der Waals surface area contributed by atoms with Crippen LogP contribution in [0.2, 0.25) is 0 Å². The molecule has 2 aromatic carbocycles. The van der Waals surface area contributed by atoms with Crippen molar-refractivity contribution in [3.05, 3.63) is 60.2 Å². The Hall–Kier alpha value is -0.781. The van der Waals surface area contributed by atoms with Gasteiger partial charge in [0.2, 0.25) is 0 Å². The minimum atomic E-state index is 0. The van der Waals surface area contributed by atoms with Crippen molar-refractivity contribution in [2.24, 2.45) is 0 Å². The summed E-state index contributed by atoms with van der Waals surface area (Å²) in [5, 5.41) is 0. The molecule has 1 heteroatoms. The summed E-state index contributed by atoms with van der Waals surface area (Å²) in [6.45, 7) is 4.41. The van der Waals surface area contributed by atoms with E-state index in [0.717, 1.165) is 0 Å². The summed E-state index contributed by atoms with van der Waals surface area (Å²) in [6, 6.07) is 18.5. The van der Waals surface area contributed by atoms with Gasteiger partial charge in [0, 0.05) is 17.1 Å². The van der Waals surface area contributed by atoms with Gasteiger partial charge < -0.3 is 30.3 Å². The molecule has 14 heavy (non-hydrogen) atoms. The zero-order valence-electron chi connectivity index (χ0n) is 8.63. The van der Waals surface area contributed by atoms with E-state index in [-0.39, 0.29) is 17.1 Å². The molecule has 0 heterocycles. The molecule has 2 rings (SSSR count). The third kappa shape index (κ3) is 5.06. The van der Waals surface area contributed by atoms with Crippen LogP contribution in [-0.4, -0.2) is 0 Å². The largest absolute Gasteiger partial charge is 0.748 e. The van der Waals surface area contributed by atoms with E-state index in [4.69, 9.17) is 0 Å². The van der Waals surface area contributed by atoms with Crippen LogP contribution < -0.4 is 0 Å². The van der Waals surface area contributed by atoms with E-state index in [2.05, 4.69) is 38.1 Å². The van der Waals surface area contributed by atoms with E-state index in [1.807, 2.05) is 30.3 Å². The van der Waals surface area contributed by atoms with Gasteiger partial charge in [-0.05, 0) is 0 Å². The van der Waals surface area contributed by atoms with Crippen molar-refractivity contribution in [2.75, 3.05) is 0 Å². The van der Waals surface area contributed by atoms with Gasteiger partial charge in [-0.25, -0.2) is 12.1 Å². The molecule has 0 saturated carbocycles. The summed E-state index contributed by atoms with van der Waals surface area (Å²) in [5.41, 5.74) is 1.44. The molecule has 0 radical (unpaired) electrons. The van der Waals surface area contributed by atoms with E-state index >= 15 is 0 Å². The van der Waals surface area contributed by atoms with Crippen LogP contribution in [0.15, 0.2) is 54.6 Å². The first-order chi connectivity index (χ1) is 6.30. The summed E-state index contributed by atoms with van der Waals surface area (Å²) in [6.07, 6.45) is 0. The standard InChI is InChI=1S/C8H11.C5H5.Fe/c1-7(2)8-5-3-4-6-8;1-2-4-5-3-1;/h3-7H,1-2H3;1-5H;/q-1;-5;. The molecule has 0 aliphatic carbocycles. The average Bonchev–Trinajstić information content (AvgIpc) is 2.82. The van der Waals surface area contributed by atoms with Crippen LogP contribution in [0.1, 0.15) is 25.3 Å². The van der Waals surface area contributed by atoms with Crippen molar-refractivity contribution >= 4 is 0 Å². The molecule has 0 nitrogen and oxygen atoms in total. The van der Waals surface area contributed by atoms with Crippen molar-refractivity contribution in [3.8, 4) is 0 Å². The van der Waals surface area contributed by atoms with Crippen LogP contribution in [0.3, 0.4) is 0 Å². The maximum Gasteiger partial charge on any atom is 0 e. The molecule has 0 atom stereocenters. The molecule has 2 aromatic rings. The molecule has 0 fully saturated rings. The molecule has 0 spiro atoms. The second kappa shape index (κ2) is 7.61. The Bertz CT molecular complexity index is 260. The Labute approximate surface area is 97.2 Å². The Balaban J connectivity index is 0.000000246. The number of rotatable bonds is 1. The molecular formula is C13H16Fe-6. The third-order valence-electron chi connectivity index (χ3n) is 1.91.